The molecule has 0 bridgehead atoms. The molecule has 2 amide bonds. The second kappa shape index (κ2) is 7.39. The summed E-state index contributed by atoms with van der Waals surface area (Å²) in [6.45, 7) is 1.01. The Hall–Kier alpha value is -2.90. The van der Waals surface area contributed by atoms with E-state index in [1.807, 2.05) is 0 Å². The quantitative estimate of drug-likeness (QED) is 0.598. The van der Waals surface area contributed by atoms with Crippen molar-refractivity contribution in [2.75, 3.05) is 6.61 Å². The molecular formula is C15H15NO7. The Morgan fingerprint density at radius 2 is 1.74 bits per heavy atom. The summed E-state index contributed by atoms with van der Waals surface area (Å²) in [6, 6.07) is 8.56. The lowest BCUT2D eigenvalue weighted by molar-refractivity contribution is -0.179. The van der Waals surface area contributed by atoms with Crippen molar-refractivity contribution in [3.05, 3.63) is 35.9 Å². The van der Waals surface area contributed by atoms with E-state index in [9.17, 15) is 19.2 Å². The van der Waals surface area contributed by atoms with Gasteiger partial charge in [0.1, 0.15) is 6.61 Å². The average Bonchev–Trinajstić information content (AvgIpc) is 2.84. The molecular weight excluding hydrogens is 306 g/mol. The maximum absolute atomic E-state index is 11.8. The zero-order valence-corrected chi connectivity index (χ0v) is 12.4. The molecule has 0 saturated carbocycles. The summed E-state index contributed by atoms with van der Waals surface area (Å²) in [6.07, 6.45) is -2.17. The van der Waals surface area contributed by atoms with E-state index in [0.717, 1.165) is 0 Å². The smallest absolute Gasteiger partial charge is 0.462 e. The molecule has 0 N–H and O–H groups in total. The van der Waals surface area contributed by atoms with Gasteiger partial charge in [-0.05, 0) is 5.56 Å². The molecule has 8 nitrogen and oxygen atoms in total. The number of hydrogen-bond acceptors (Lipinski definition) is 7. The van der Waals surface area contributed by atoms with Crippen LogP contribution in [0.3, 0.4) is 0 Å². The highest BCUT2D eigenvalue weighted by Crippen LogP contribution is 2.20. The van der Waals surface area contributed by atoms with Gasteiger partial charge < -0.3 is 9.47 Å². The fourth-order valence-electron chi connectivity index (χ4n) is 1.93. The number of hydroxylamine groups is 2. The maximum Gasteiger partial charge on any atom is 0.534 e. The lowest BCUT2D eigenvalue weighted by Crippen LogP contribution is -2.33. The molecule has 8 heteroatoms. The Bertz CT molecular complexity index is 598. The van der Waals surface area contributed by atoms with Gasteiger partial charge in [-0.1, -0.05) is 35.4 Å². The van der Waals surface area contributed by atoms with Crippen LogP contribution in [0.25, 0.3) is 0 Å². The Labute approximate surface area is 131 Å². The highest BCUT2D eigenvalue weighted by molar-refractivity contribution is 6.01. The molecule has 2 rings (SSSR count). The second-order valence-corrected chi connectivity index (χ2v) is 4.74. The molecule has 1 aromatic rings. The van der Waals surface area contributed by atoms with Crippen molar-refractivity contribution in [2.45, 2.75) is 25.9 Å². The predicted octanol–water partition coefficient (Wildman–Crippen LogP) is 1.51. The summed E-state index contributed by atoms with van der Waals surface area (Å²) in [7, 11) is 0. The monoisotopic (exact) mass is 321 g/mol. The number of imide groups is 1. The molecule has 1 fully saturated rings. The lowest BCUT2D eigenvalue weighted by Gasteiger charge is -2.19. The van der Waals surface area contributed by atoms with Crippen molar-refractivity contribution in [1.82, 2.24) is 5.06 Å². The third-order valence-corrected chi connectivity index (χ3v) is 3.02. The van der Waals surface area contributed by atoms with Gasteiger partial charge in [0.2, 0.25) is 0 Å². The topological polar surface area (TPSA) is 99.2 Å². The van der Waals surface area contributed by atoms with E-state index in [1.165, 1.54) is 6.92 Å². The van der Waals surface area contributed by atoms with Gasteiger partial charge in [-0.3, -0.25) is 19.2 Å². The molecule has 0 radical (unpaired) electrons. The Morgan fingerprint density at radius 3 is 2.30 bits per heavy atom. The van der Waals surface area contributed by atoms with Crippen LogP contribution in [-0.2, 0) is 28.7 Å². The van der Waals surface area contributed by atoms with Crippen LogP contribution in [0.4, 0.5) is 4.79 Å². The van der Waals surface area contributed by atoms with Crippen LogP contribution in [0, 0.1) is 0 Å². The third kappa shape index (κ3) is 4.53. The largest absolute Gasteiger partial charge is 0.534 e. The summed E-state index contributed by atoms with van der Waals surface area (Å²) < 4.78 is 9.91. The van der Waals surface area contributed by atoms with Gasteiger partial charge in [-0.15, -0.1) is 0 Å². The zero-order valence-electron chi connectivity index (χ0n) is 12.4. The van der Waals surface area contributed by atoms with Crippen molar-refractivity contribution in [3.63, 3.8) is 0 Å². The predicted molar refractivity (Wildman–Crippen MR) is 74.5 cm³/mol. The number of hydrogen-bond donors (Lipinski definition) is 0. The van der Waals surface area contributed by atoms with Crippen LogP contribution in [-0.4, -0.2) is 35.6 Å². The Kier molecular flexibility index (Phi) is 5.29. The van der Waals surface area contributed by atoms with Crippen molar-refractivity contribution < 1.29 is 33.5 Å². The first-order valence-corrected chi connectivity index (χ1v) is 6.90. The van der Waals surface area contributed by atoms with Gasteiger partial charge in [0, 0.05) is 19.8 Å². The first kappa shape index (κ1) is 16.5. The molecule has 0 aliphatic carbocycles. The number of benzene rings is 1. The van der Waals surface area contributed by atoms with Crippen LogP contribution in [0.5, 0.6) is 0 Å². The number of carbonyl (C=O) groups excluding carboxylic acids is 4. The van der Waals surface area contributed by atoms with Gasteiger partial charge in [0.15, 0.2) is 6.10 Å². The molecule has 122 valence electrons. The molecule has 1 atom stereocenters. The Balaban J connectivity index is 2.01. The fraction of sp³-hybridized carbons (Fsp3) is 0.333. The highest BCUT2D eigenvalue weighted by atomic mass is 16.8. The van der Waals surface area contributed by atoms with E-state index in [2.05, 4.69) is 4.84 Å². The van der Waals surface area contributed by atoms with Crippen LogP contribution < -0.4 is 0 Å². The SMILES string of the molecule is CC(=O)OC[C@@H](OC(=O)ON1C(=O)CCC1=O)c1ccccc1. The summed E-state index contributed by atoms with van der Waals surface area (Å²) in [5, 5.41) is 0.385. The Morgan fingerprint density at radius 1 is 1.13 bits per heavy atom. The molecule has 1 aromatic carbocycles. The first-order valence-electron chi connectivity index (χ1n) is 6.90. The number of ether oxygens (including phenoxy) is 2. The lowest BCUT2D eigenvalue weighted by atomic mass is 10.1. The fourth-order valence-corrected chi connectivity index (χ4v) is 1.93. The maximum atomic E-state index is 11.8. The van der Waals surface area contributed by atoms with Crippen LogP contribution >= 0.6 is 0 Å². The van der Waals surface area contributed by atoms with Gasteiger partial charge >= 0.3 is 12.1 Å². The minimum atomic E-state index is -1.23. The van der Waals surface area contributed by atoms with Crippen LogP contribution in [0.1, 0.15) is 31.4 Å². The second-order valence-electron chi connectivity index (χ2n) is 4.74. The van der Waals surface area contributed by atoms with Crippen molar-refractivity contribution in [3.8, 4) is 0 Å². The van der Waals surface area contributed by atoms with E-state index in [4.69, 9.17) is 9.47 Å². The van der Waals surface area contributed by atoms with Crippen molar-refractivity contribution >= 4 is 23.9 Å². The summed E-state index contributed by atoms with van der Waals surface area (Å²) in [5.74, 6) is -1.75. The van der Waals surface area contributed by atoms with Crippen LogP contribution in [0.15, 0.2) is 30.3 Å². The van der Waals surface area contributed by atoms with E-state index >= 15 is 0 Å². The van der Waals surface area contributed by atoms with E-state index in [-0.39, 0.29) is 19.4 Å². The summed E-state index contributed by atoms with van der Waals surface area (Å²) >= 11 is 0. The minimum Gasteiger partial charge on any atom is -0.462 e. The summed E-state index contributed by atoms with van der Waals surface area (Å²) in [4.78, 5) is 50.1. The number of nitrogens with zero attached hydrogens (tertiary/aromatic N) is 1. The highest BCUT2D eigenvalue weighted by Gasteiger charge is 2.34. The molecule has 23 heavy (non-hydrogen) atoms. The molecule has 0 spiro atoms. The first-order chi connectivity index (χ1) is 11.0. The summed E-state index contributed by atoms with van der Waals surface area (Å²) in [5.41, 5.74) is 0.574. The molecule has 0 unspecified atom stereocenters. The standard InChI is InChI=1S/C15H15NO7/c1-10(17)21-9-12(11-5-3-2-4-6-11)22-15(20)23-16-13(18)7-8-14(16)19/h2-6,12H,7-9H2,1H3/t12-/m1/s1. The van der Waals surface area contributed by atoms with Gasteiger partial charge in [0.25, 0.3) is 11.8 Å². The third-order valence-electron chi connectivity index (χ3n) is 3.02. The van der Waals surface area contributed by atoms with Gasteiger partial charge in [-0.25, -0.2) is 4.79 Å². The van der Waals surface area contributed by atoms with Crippen molar-refractivity contribution in [2.24, 2.45) is 0 Å². The minimum absolute atomic E-state index is 0.0122. The van der Waals surface area contributed by atoms with E-state index < -0.39 is 30.0 Å². The van der Waals surface area contributed by atoms with E-state index in [1.54, 1.807) is 30.3 Å². The molecule has 1 heterocycles. The van der Waals surface area contributed by atoms with Gasteiger partial charge in [-0.2, -0.15) is 0 Å². The van der Waals surface area contributed by atoms with E-state index in [0.29, 0.717) is 10.6 Å². The zero-order chi connectivity index (χ0) is 16.8. The number of esters is 1. The molecule has 1 saturated heterocycles. The van der Waals surface area contributed by atoms with Crippen molar-refractivity contribution in [1.29, 1.82) is 0 Å². The molecule has 0 aromatic heterocycles. The molecule has 1 aliphatic heterocycles. The molecule has 1 aliphatic rings. The normalized spacial score (nSPS) is 15.3. The van der Waals surface area contributed by atoms with Gasteiger partial charge in [0.05, 0.1) is 0 Å². The van der Waals surface area contributed by atoms with Crippen LogP contribution in [0.2, 0.25) is 0 Å². The number of carbonyl (C=O) groups is 4. The average molecular weight is 321 g/mol. The number of amides is 2. The number of rotatable bonds is 5.